The highest BCUT2D eigenvalue weighted by Crippen LogP contribution is 2.33. The maximum Gasteiger partial charge on any atom is 0.119 e. The Labute approximate surface area is 115 Å². The van der Waals surface area contributed by atoms with Crippen LogP contribution in [0.2, 0.25) is 0 Å². The maximum atomic E-state index is 5.80. The molecule has 3 rings (SSSR count). The van der Waals surface area contributed by atoms with Gasteiger partial charge in [-0.2, -0.15) is 0 Å². The van der Waals surface area contributed by atoms with E-state index in [1.165, 1.54) is 38.8 Å². The molecule has 0 spiro atoms. The van der Waals surface area contributed by atoms with E-state index in [1.807, 2.05) is 24.3 Å². The van der Waals surface area contributed by atoms with Crippen molar-refractivity contribution in [3.63, 3.8) is 0 Å². The monoisotopic (exact) mass is 260 g/mol. The zero-order valence-corrected chi connectivity index (χ0v) is 11.6. The van der Waals surface area contributed by atoms with Crippen LogP contribution in [0.1, 0.15) is 25.7 Å². The van der Waals surface area contributed by atoms with Crippen molar-refractivity contribution in [3.05, 3.63) is 24.3 Å². The number of nitrogen functional groups attached to an aromatic ring is 1. The first-order valence-electron chi connectivity index (χ1n) is 7.50. The minimum Gasteiger partial charge on any atom is -0.492 e. The molecule has 0 radical (unpaired) electrons. The van der Waals surface area contributed by atoms with Gasteiger partial charge in [0, 0.05) is 25.3 Å². The molecule has 2 fully saturated rings. The van der Waals surface area contributed by atoms with E-state index in [4.69, 9.17) is 10.5 Å². The lowest BCUT2D eigenvalue weighted by Gasteiger charge is -2.22. The number of hydrogen-bond donors (Lipinski definition) is 1. The molecule has 1 aromatic carbocycles. The predicted octanol–water partition coefficient (Wildman–Crippen LogP) is 2.77. The molecule has 0 amide bonds. The molecule has 0 heterocycles. The second-order valence-electron chi connectivity index (χ2n) is 6.06. The highest BCUT2D eigenvalue weighted by Gasteiger charge is 2.28. The standard InChI is InChI=1S/C16H24N2O/c17-15-5-7-16(8-6-15)19-10-9-18(11-13-1-2-13)12-14-3-4-14/h5-8,13-14H,1-4,9-12,17H2. The van der Waals surface area contributed by atoms with Crippen LogP contribution in [-0.2, 0) is 0 Å². The third-order valence-corrected chi connectivity index (χ3v) is 3.98. The van der Waals surface area contributed by atoms with E-state index in [2.05, 4.69) is 4.90 Å². The number of nitrogens with two attached hydrogens (primary N) is 1. The lowest BCUT2D eigenvalue weighted by Crippen LogP contribution is -2.32. The number of ether oxygens (including phenoxy) is 1. The van der Waals surface area contributed by atoms with Gasteiger partial charge in [-0.15, -0.1) is 0 Å². The molecule has 19 heavy (non-hydrogen) atoms. The summed E-state index contributed by atoms with van der Waals surface area (Å²) in [5.74, 6) is 2.86. The molecule has 2 saturated carbocycles. The van der Waals surface area contributed by atoms with Crippen molar-refractivity contribution in [2.24, 2.45) is 11.8 Å². The zero-order valence-electron chi connectivity index (χ0n) is 11.6. The van der Waals surface area contributed by atoms with E-state index in [9.17, 15) is 0 Å². The first kappa shape index (κ1) is 12.8. The first-order valence-corrected chi connectivity index (χ1v) is 7.50. The Morgan fingerprint density at radius 2 is 1.58 bits per heavy atom. The van der Waals surface area contributed by atoms with Crippen LogP contribution in [0.4, 0.5) is 5.69 Å². The summed E-state index contributed by atoms with van der Waals surface area (Å²) < 4.78 is 5.80. The lowest BCUT2D eigenvalue weighted by molar-refractivity contribution is 0.197. The molecule has 2 N–H and O–H groups in total. The molecule has 0 bridgehead atoms. The van der Waals surface area contributed by atoms with Gasteiger partial charge < -0.3 is 10.5 Å². The van der Waals surface area contributed by atoms with Gasteiger partial charge in [0.2, 0.25) is 0 Å². The average Bonchev–Trinajstić information content (AvgIpc) is 3.27. The van der Waals surface area contributed by atoms with Gasteiger partial charge in [0.1, 0.15) is 12.4 Å². The van der Waals surface area contributed by atoms with Gasteiger partial charge in [-0.3, -0.25) is 4.90 Å². The van der Waals surface area contributed by atoms with Gasteiger partial charge in [0.25, 0.3) is 0 Å². The van der Waals surface area contributed by atoms with Crippen LogP contribution in [-0.4, -0.2) is 31.1 Å². The van der Waals surface area contributed by atoms with Crippen molar-refractivity contribution < 1.29 is 4.74 Å². The summed E-state index contributed by atoms with van der Waals surface area (Å²) in [5.41, 5.74) is 6.45. The Morgan fingerprint density at radius 3 is 2.11 bits per heavy atom. The SMILES string of the molecule is Nc1ccc(OCCN(CC2CC2)CC2CC2)cc1. The van der Waals surface area contributed by atoms with Crippen molar-refractivity contribution in [1.29, 1.82) is 0 Å². The molecule has 0 atom stereocenters. The van der Waals surface area contributed by atoms with Gasteiger partial charge >= 0.3 is 0 Å². The van der Waals surface area contributed by atoms with E-state index in [0.717, 1.165) is 36.4 Å². The lowest BCUT2D eigenvalue weighted by atomic mass is 10.3. The summed E-state index contributed by atoms with van der Waals surface area (Å²) in [5, 5.41) is 0. The normalized spacial score (nSPS) is 18.8. The molecule has 1 aromatic rings. The van der Waals surface area contributed by atoms with E-state index >= 15 is 0 Å². The van der Waals surface area contributed by atoms with Crippen molar-refractivity contribution >= 4 is 5.69 Å². The van der Waals surface area contributed by atoms with E-state index < -0.39 is 0 Å². The van der Waals surface area contributed by atoms with Gasteiger partial charge in [-0.1, -0.05) is 0 Å². The number of nitrogens with zero attached hydrogens (tertiary/aromatic N) is 1. The number of benzene rings is 1. The second-order valence-corrected chi connectivity index (χ2v) is 6.06. The minimum absolute atomic E-state index is 0.781. The summed E-state index contributed by atoms with van der Waals surface area (Å²) in [4.78, 5) is 2.60. The van der Waals surface area contributed by atoms with Crippen LogP contribution in [0, 0.1) is 11.8 Å². The van der Waals surface area contributed by atoms with Crippen LogP contribution < -0.4 is 10.5 Å². The molecule has 2 aliphatic carbocycles. The average molecular weight is 260 g/mol. The van der Waals surface area contributed by atoms with Crippen molar-refractivity contribution in [1.82, 2.24) is 4.90 Å². The highest BCUT2D eigenvalue weighted by molar-refractivity contribution is 5.41. The molecule has 104 valence electrons. The fourth-order valence-corrected chi connectivity index (χ4v) is 2.44. The third kappa shape index (κ3) is 4.43. The number of rotatable bonds is 8. The Kier molecular flexibility index (Phi) is 3.92. The van der Waals surface area contributed by atoms with Crippen LogP contribution in [0.25, 0.3) is 0 Å². The zero-order chi connectivity index (χ0) is 13.1. The Hall–Kier alpha value is -1.22. The Balaban J connectivity index is 1.41. The van der Waals surface area contributed by atoms with Gasteiger partial charge in [0.05, 0.1) is 0 Å². The first-order chi connectivity index (χ1) is 9.29. The summed E-state index contributed by atoms with van der Waals surface area (Å²) in [6, 6.07) is 7.67. The molecule has 0 unspecified atom stereocenters. The topological polar surface area (TPSA) is 38.5 Å². The summed E-state index contributed by atoms with van der Waals surface area (Å²) in [7, 11) is 0. The Bertz CT molecular complexity index is 382. The minimum atomic E-state index is 0.781. The summed E-state index contributed by atoms with van der Waals surface area (Å²) >= 11 is 0. The molecule has 0 saturated heterocycles. The molecule has 2 aliphatic rings. The van der Waals surface area contributed by atoms with E-state index in [1.54, 1.807) is 0 Å². The van der Waals surface area contributed by atoms with Crippen molar-refractivity contribution in [2.45, 2.75) is 25.7 Å². The quantitative estimate of drug-likeness (QED) is 0.730. The van der Waals surface area contributed by atoms with Gasteiger partial charge in [-0.05, 0) is 61.8 Å². The van der Waals surface area contributed by atoms with Crippen LogP contribution >= 0.6 is 0 Å². The summed E-state index contributed by atoms with van der Waals surface area (Å²) in [6.45, 7) is 4.39. The Morgan fingerprint density at radius 1 is 1.00 bits per heavy atom. The van der Waals surface area contributed by atoms with E-state index in [-0.39, 0.29) is 0 Å². The molecular formula is C16H24N2O. The molecule has 3 heteroatoms. The fourth-order valence-electron chi connectivity index (χ4n) is 2.44. The van der Waals surface area contributed by atoms with Gasteiger partial charge in [0.15, 0.2) is 0 Å². The third-order valence-electron chi connectivity index (χ3n) is 3.98. The van der Waals surface area contributed by atoms with Crippen LogP contribution in [0.15, 0.2) is 24.3 Å². The fraction of sp³-hybridized carbons (Fsp3) is 0.625. The largest absolute Gasteiger partial charge is 0.492 e. The van der Waals surface area contributed by atoms with Gasteiger partial charge in [-0.25, -0.2) is 0 Å². The predicted molar refractivity (Wildman–Crippen MR) is 78.2 cm³/mol. The van der Waals surface area contributed by atoms with E-state index in [0.29, 0.717) is 0 Å². The molecule has 0 aliphatic heterocycles. The second kappa shape index (κ2) is 5.83. The summed E-state index contributed by atoms with van der Waals surface area (Å²) in [6.07, 6.45) is 5.72. The smallest absolute Gasteiger partial charge is 0.119 e. The molecule has 0 aromatic heterocycles. The molecule has 3 nitrogen and oxygen atoms in total. The van der Waals surface area contributed by atoms with Crippen molar-refractivity contribution in [2.75, 3.05) is 32.0 Å². The number of hydrogen-bond acceptors (Lipinski definition) is 3. The maximum absolute atomic E-state index is 5.80. The highest BCUT2D eigenvalue weighted by atomic mass is 16.5. The van der Waals surface area contributed by atoms with Crippen LogP contribution in [0.3, 0.4) is 0 Å². The molecular weight excluding hydrogens is 236 g/mol. The van der Waals surface area contributed by atoms with Crippen molar-refractivity contribution in [3.8, 4) is 5.75 Å². The number of anilines is 1. The van der Waals surface area contributed by atoms with Crippen LogP contribution in [0.5, 0.6) is 5.75 Å².